The molecule has 1 unspecified atom stereocenters. The van der Waals surface area contributed by atoms with Crippen LogP contribution in [0.1, 0.15) is 33.3 Å². The summed E-state index contributed by atoms with van der Waals surface area (Å²) in [4.78, 5) is 32.5. The zero-order chi connectivity index (χ0) is 20.0. The van der Waals surface area contributed by atoms with Gasteiger partial charge in [0.2, 0.25) is 5.76 Å². The molecule has 29 heavy (non-hydrogen) atoms. The number of hydrogen-bond acceptors (Lipinski definition) is 4. The molecule has 142 valence electrons. The van der Waals surface area contributed by atoms with Crippen LogP contribution in [0.4, 0.5) is 0 Å². The van der Waals surface area contributed by atoms with Gasteiger partial charge in [0.1, 0.15) is 5.58 Å². The average molecular weight is 447 g/mol. The summed E-state index contributed by atoms with van der Waals surface area (Å²) >= 11 is 3.49. The predicted octanol–water partition coefficient (Wildman–Crippen LogP) is 4.70. The molecule has 0 N–H and O–H groups in total. The Balaban J connectivity index is 1.74. The second-order valence-electron chi connectivity index (χ2n) is 6.92. The standard InChI is InChI=1S/C23H15BrN2O3/c24-16-7-3-6-15(11-16)20-19-21(27)17-8-1-2-9-18(17)29-22(19)23(28)26(20)13-14-5-4-10-25-12-14/h1-12,20H,13H2. The molecule has 2 aromatic carbocycles. The highest BCUT2D eigenvalue weighted by atomic mass is 79.9. The monoisotopic (exact) mass is 446 g/mol. The second-order valence-corrected chi connectivity index (χ2v) is 7.84. The Morgan fingerprint density at radius 2 is 1.90 bits per heavy atom. The van der Waals surface area contributed by atoms with Crippen LogP contribution in [0.25, 0.3) is 11.0 Å². The van der Waals surface area contributed by atoms with E-state index in [4.69, 9.17) is 4.42 Å². The van der Waals surface area contributed by atoms with Crippen molar-refractivity contribution in [3.05, 3.63) is 110 Å². The van der Waals surface area contributed by atoms with Crippen molar-refractivity contribution < 1.29 is 9.21 Å². The van der Waals surface area contributed by atoms with Gasteiger partial charge in [-0.1, -0.05) is 46.3 Å². The van der Waals surface area contributed by atoms with Gasteiger partial charge in [0.15, 0.2) is 5.43 Å². The maximum atomic E-state index is 13.4. The van der Waals surface area contributed by atoms with Crippen LogP contribution in [0.2, 0.25) is 0 Å². The van der Waals surface area contributed by atoms with E-state index in [9.17, 15) is 9.59 Å². The number of hydrogen-bond donors (Lipinski definition) is 0. The van der Waals surface area contributed by atoms with Gasteiger partial charge < -0.3 is 9.32 Å². The molecule has 4 aromatic rings. The summed E-state index contributed by atoms with van der Waals surface area (Å²) in [7, 11) is 0. The Hall–Kier alpha value is -3.25. The summed E-state index contributed by atoms with van der Waals surface area (Å²) in [5.74, 6) is -0.181. The summed E-state index contributed by atoms with van der Waals surface area (Å²) in [5, 5.41) is 0.474. The maximum Gasteiger partial charge on any atom is 0.291 e. The molecule has 0 radical (unpaired) electrons. The third kappa shape index (κ3) is 2.96. The van der Waals surface area contributed by atoms with Gasteiger partial charge in [-0.25, -0.2) is 0 Å². The second kappa shape index (κ2) is 6.97. The number of benzene rings is 2. The van der Waals surface area contributed by atoms with Crippen LogP contribution >= 0.6 is 15.9 Å². The van der Waals surface area contributed by atoms with Crippen LogP contribution in [0.15, 0.2) is 86.7 Å². The molecule has 1 aliphatic rings. The van der Waals surface area contributed by atoms with Gasteiger partial charge in [-0.05, 0) is 41.5 Å². The number of carbonyl (C=O) groups is 1. The molecule has 1 atom stereocenters. The lowest BCUT2D eigenvalue weighted by atomic mass is 9.98. The van der Waals surface area contributed by atoms with E-state index in [2.05, 4.69) is 20.9 Å². The quantitative estimate of drug-likeness (QED) is 0.457. The molecule has 5 nitrogen and oxygen atoms in total. The number of aromatic nitrogens is 1. The van der Waals surface area contributed by atoms with Crippen LogP contribution in [-0.2, 0) is 6.54 Å². The maximum absolute atomic E-state index is 13.4. The number of rotatable bonds is 3. The van der Waals surface area contributed by atoms with Gasteiger partial charge >= 0.3 is 0 Å². The van der Waals surface area contributed by atoms with Crippen molar-refractivity contribution in [3.8, 4) is 0 Å². The van der Waals surface area contributed by atoms with Crippen molar-refractivity contribution in [1.82, 2.24) is 9.88 Å². The van der Waals surface area contributed by atoms with Crippen LogP contribution in [0.5, 0.6) is 0 Å². The molecule has 0 spiro atoms. The van der Waals surface area contributed by atoms with Crippen molar-refractivity contribution in [2.45, 2.75) is 12.6 Å². The number of halogens is 1. The Morgan fingerprint density at radius 1 is 1.03 bits per heavy atom. The van der Waals surface area contributed by atoms with Crippen molar-refractivity contribution in [2.24, 2.45) is 0 Å². The fraction of sp³-hybridized carbons (Fsp3) is 0.0870. The van der Waals surface area contributed by atoms with Crippen LogP contribution in [0, 0.1) is 0 Å². The fourth-order valence-electron chi connectivity index (χ4n) is 3.84. The summed E-state index contributed by atoms with van der Waals surface area (Å²) in [6.45, 7) is 0.323. The molecule has 0 aliphatic carbocycles. The van der Waals surface area contributed by atoms with E-state index in [0.717, 1.165) is 15.6 Å². The molecular weight excluding hydrogens is 432 g/mol. The smallest absolute Gasteiger partial charge is 0.291 e. The van der Waals surface area contributed by atoms with Crippen molar-refractivity contribution in [2.75, 3.05) is 0 Å². The lowest BCUT2D eigenvalue weighted by Gasteiger charge is -2.25. The minimum atomic E-state index is -0.531. The lowest BCUT2D eigenvalue weighted by molar-refractivity contribution is 0.0714. The van der Waals surface area contributed by atoms with Gasteiger partial charge in [-0.15, -0.1) is 0 Å². The molecule has 0 fully saturated rings. The van der Waals surface area contributed by atoms with E-state index in [1.54, 1.807) is 41.6 Å². The van der Waals surface area contributed by atoms with E-state index in [-0.39, 0.29) is 17.1 Å². The predicted molar refractivity (Wildman–Crippen MR) is 113 cm³/mol. The number of fused-ring (bicyclic) bond motifs is 2. The first-order valence-electron chi connectivity index (χ1n) is 9.14. The van der Waals surface area contributed by atoms with Gasteiger partial charge in [-0.3, -0.25) is 14.6 Å². The summed E-state index contributed by atoms with van der Waals surface area (Å²) in [6, 6.07) is 17.9. The number of nitrogens with zero attached hydrogens (tertiary/aromatic N) is 2. The van der Waals surface area contributed by atoms with Crippen LogP contribution in [0.3, 0.4) is 0 Å². The summed E-state index contributed by atoms with van der Waals surface area (Å²) in [6.07, 6.45) is 3.41. The third-order valence-electron chi connectivity index (χ3n) is 5.11. The number of amides is 1. The fourth-order valence-corrected chi connectivity index (χ4v) is 4.26. The van der Waals surface area contributed by atoms with Gasteiger partial charge in [0.05, 0.1) is 17.0 Å². The Labute approximate surface area is 174 Å². The molecule has 6 heteroatoms. The first kappa shape index (κ1) is 17.8. The van der Waals surface area contributed by atoms with E-state index in [0.29, 0.717) is 23.1 Å². The average Bonchev–Trinajstić information content (AvgIpc) is 3.01. The minimum Gasteiger partial charge on any atom is -0.450 e. The molecule has 1 aliphatic heterocycles. The van der Waals surface area contributed by atoms with Crippen molar-refractivity contribution >= 4 is 32.8 Å². The number of pyridine rings is 1. The Kier molecular flexibility index (Phi) is 4.28. The van der Waals surface area contributed by atoms with E-state index in [1.165, 1.54) is 0 Å². The molecule has 5 rings (SSSR count). The highest BCUT2D eigenvalue weighted by Crippen LogP contribution is 2.39. The molecule has 0 saturated carbocycles. The Morgan fingerprint density at radius 3 is 2.69 bits per heavy atom. The normalized spacial score (nSPS) is 15.7. The lowest BCUT2D eigenvalue weighted by Crippen LogP contribution is -2.29. The first-order valence-corrected chi connectivity index (χ1v) is 9.94. The zero-order valence-corrected chi connectivity index (χ0v) is 16.8. The largest absolute Gasteiger partial charge is 0.450 e. The summed E-state index contributed by atoms with van der Waals surface area (Å²) in [5.41, 5.74) is 2.36. The number of carbonyl (C=O) groups excluding carboxylic acids is 1. The van der Waals surface area contributed by atoms with Gasteiger partial charge in [-0.2, -0.15) is 0 Å². The van der Waals surface area contributed by atoms with Crippen LogP contribution in [-0.4, -0.2) is 15.8 Å². The number of para-hydroxylation sites is 1. The van der Waals surface area contributed by atoms with E-state index < -0.39 is 6.04 Å². The molecular formula is C23H15BrN2O3. The van der Waals surface area contributed by atoms with Crippen molar-refractivity contribution in [3.63, 3.8) is 0 Å². The topological polar surface area (TPSA) is 63.4 Å². The molecule has 3 heterocycles. The van der Waals surface area contributed by atoms with Crippen molar-refractivity contribution in [1.29, 1.82) is 0 Å². The first-order chi connectivity index (χ1) is 14.1. The molecule has 1 amide bonds. The highest BCUT2D eigenvalue weighted by Gasteiger charge is 2.42. The highest BCUT2D eigenvalue weighted by molar-refractivity contribution is 9.10. The molecule has 0 bridgehead atoms. The molecule has 2 aromatic heterocycles. The van der Waals surface area contributed by atoms with Crippen LogP contribution < -0.4 is 5.43 Å². The SMILES string of the molecule is O=C1c2oc3ccccc3c(=O)c2C(c2cccc(Br)c2)N1Cc1cccnc1. The zero-order valence-electron chi connectivity index (χ0n) is 15.2. The third-order valence-corrected chi connectivity index (χ3v) is 5.61. The van der Waals surface area contributed by atoms with E-state index in [1.807, 2.05) is 36.4 Å². The Bertz CT molecular complexity index is 1300. The van der Waals surface area contributed by atoms with Gasteiger partial charge in [0, 0.05) is 23.4 Å². The molecule has 0 saturated heterocycles. The van der Waals surface area contributed by atoms with E-state index >= 15 is 0 Å². The van der Waals surface area contributed by atoms with Gasteiger partial charge in [0.25, 0.3) is 5.91 Å². The minimum absolute atomic E-state index is 0.113. The summed E-state index contributed by atoms with van der Waals surface area (Å²) < 4.78 is 6.81.